The Labute approximate surface area is 164 Å². The van der Waals surface area contributed by atoms with Crippen molar-refractivity contribution in [2.75, 3.05) is 5.32 Å². The zero-order valence-electron chi connectivity index (χ0n) is 15.7. The molecule has 1 amide bonds. The molecule has 1 aliphatic rings. The van der Waals surface area contributed by atoms with Crippen molar-refractivity contribution in [3.05, 3.63) is 82.4 Å². The molecule has 0 fully saturated rings. The van der Waals surface area contributed by atoms with Gasteiger partial charge in [0.15, 0.2) is 5.13 Å². The predicted octanol–water partition coefficient (Wildman–Crippen LogP) is 5.43. The van der Waals surface area contributed by atoms with E-state index in [-0.39, 0.29) is 11.8 Å². The van der Waals surface area contributed by atoms with Crippen LogP contribution < -0.4 is 5.32 Å². The molecule has 2 aromatic carbocycles. The van der Waals surface area contributed by atoms with E-state index < -0.39 is 5.41 Å². The number of carbonyl (C=O) groups excluding carboxylic acids is 1. The van der Waals surface area contributed by atoms with E-state index in [9.17, 15) is 4.79 Å². The molecule has 0 bridgehead atoms. The van der Waals surface area contributed by atoms with Gasteiger partial charge in [-0.3, -0.25) is 4.79 Å². The van der Waals surface area contributed by atoms with E-state index in [2.05, 4.69) is 66.6 Å². The van der Waals surface area contributed by atoms with Crippen LogP contribution in [0.25, 0.3) is 0 Å². The van der Waals surface area contributed by atoms with Crippen molar-refractivity contribution in [2.24, 2.45) is 5.41 Å². The van der Waals surface area contributed by atoms with E-state index in [0.717, 1.165) is 19.3 Å². The minimum Gasteiger partial charge on any atom is -0.301 e. The van der Waals surface area contributed by atoms with Gasteiger partial charge in [0.05, 0.1) is 5.41 Å². The molecule has 27 heavy (non-hydrogen) atoms. The summed E-state index contributed by atoms with van der Waals surface area (Å²) in [6.07, 6.45) is 4.65. The van der Waals surface area contributed by atoms with Gasteiger partial charge in [-0.15, -0.1) is 11.3 Å². The molecule has 0 aliphatic heterocycles. The first-order valence-electron chi connectivity index (χ1n) is 9.49. The second-order valence-corrected chi connectivity index (χ2v) is 8.41. The molecule has 0 unspecified atom stereocenters. The predicted molar refractivity (Wildman–Crippen MR) is 111 cm³/mol. The van der Waals surface area contributed by atoms with E-state index in [1.807, 2.05) is 11.4 Å². The Morgan fingerprint density at radius 2 is 2.07 bits per heavy atom. The summed E-state index contributed by atoms with van der Waals surface area (Å²) in [5, 5.41) is 5.59. The van der Waals surface area contributed by atoms with Crippen molar-refractivity contribution >= 4 is 22.4 Å². The van der Waals surface area contributed by atoms with Crippen molar-refractivity contribution in [3.63, 3.8) is 0 Å². The Balaban J connectivity index is 1.77. The maximum absolute atomic E-state index is 13.4. The van der Waals surface area contributed by atoms with Crippen LogP contribution in [-0.2, 0) is 17.6 Å². The highest BCUT2D eigenvalue weighted by atomic mass is 32.1. The summed E-state index contributed by atoms with van der Waals surface area (Å²) in [4.78, 5) is 17.6. The summed E-state index contributed by atoms with van der Waals surface area (Å²) >= 11 is 1.46. The second kappa shape index (κ2) is 7.28. The zero-order valence-corrected chi connectivity index (χ0v) is 16.6. The van der Waals surface area contributed by atoms with Gasteiger partial charge in [-0.05, 0) is 42.0 Å². The first-order chi connectivity index (χ1) is 13.1. The molecule has 4 rings (SSSR count). The number of nitrogens with zero attached hydrogens (tertiary/aromatic N) is 1. The summed E-state index contributed by atoms with van der Waals surface area (Å²) in [5.41, 5.74) is 4.58. The van der Waals surface area contributed by atoms with E-state index in [0.29, 0.717) is 5.13 Å². The largest absolute Gasteiger partial charge is 0.301 e. The summed E-state index contributed by atoms with van der Waals surface area (Å²) in [5.74, 6) is 0.0880. The molecule has 4 heteroatoms. The van der Waals surface area contributed by atoms with Crippen LogP contribution in [0.2, 0.25) is 0 Å². The van der Waals surface area contributed by atoms with Crippen LogP contribution >= 0.6 is 11.3 Å². The average Bonchev–Trinajstić information content (AvgIpc) is 3.28. The van der Waals surface area contributed by atoms with E-state index >= 15 is 0 Å². The molecule has 0 saturated carbocycles. The lowest BCUT2D eigenvalue weighted by Gasteiger charge is -2.31. The molecule has 1 N–H and O–H groups in total. The highest BCUT2D eigenvalue weighted by molar-refractivity contribution is 7.13. The molecule has 2 atom stereocenters. The van der Waals surface area contributed by atoms with Crippen LogP contribution in [0.15, 0.2) is 60.1 Å². The minimum absolute atomic E-state index is 0.0412. The molecule has 0 radical (unpaired) electrons. The van der Waals surface area contributed by atoms with Gasteiger partial charge < -0.3 is 5.32 Å². The van der Waals surface area contributed by atoms with Gasteiger partial charge >= 0.3 is 0 Å². The van der Waals surface area contributed by atoms with Crippen LogP contribution in [0.1, 0.15) is 48.4 Å². The quantitative estimate of drug-likeness (QED) is 0.645. The molecular weight excluding hydrogens is 352 g/mol. The maximum Gasteiger partial charge on any atom is 0.233 e. The number of benzene rings is 2. The lowest BCUT2D eigenvalue weighted by atomic mass is 9.73. The summed E-state index contributed by atoms with van der Waals surface area (Å²) < 4.78 is 0. The number of anilines is 1. The first-order valence-corrected chi connectivity index (χ1v) is 10.4. The third-order valence-electron chi connectivity index (χ3n) is 5.56. The molecule has 3 aromatic rings. The van der Waals surface area contributed by atoms with E-state index in [1.165, 1.54) is 33.6 Å². The molecule has 1 aromatic heterocycles. The monoisotopic (exact) mass is 376 g/mol. The van der Waals surface area contributed by atoms with Gasteiger partial charge in [-0.2, -0.15) is 0 Å². The number of fused-ring (bicyclic) bond motifs is 1. The molecule has 0 saturated heterocycles. The van der Waals surface area contributed by atoms with Crippen molar-refractivity contribution in [1.82, 2.24) is 4.98 Å². The summed E-state index contributed by atoms with van der Waals surface area (Å²) in [6.45, 7) is 4.29. The Kier molecular flexibility index (Phi) is 4.83. The van der Waals surface area contributed by atoms with E-state index in [4.69, 9.17) is 0 Å². The molecular formula is C23H24N2OS. The first kappa shape index (κ1) is 17.9. The Morgan fingerprint density at radius 1 is 1.26 bits per heavy atom. The number of aromatic nitrogens is 1. The van der Waals surface area contributed by atoms with Gasteiger partial charge in [0.25, 0.3) is 0 Å². The number of hydrogen-bond acceptors (Lipinski definition) is 3. The number of thiazole rings is 1. The Hall–Kier alpha value is -2.46. The van der Waals surface area contributed by atoms with Crippen molar-refractivity contribution in [1.29, 1.82) is 0 Å². The molecule has 1 heterocycles. The highest BCUT2D eigenvalue weighted by Crippen LogP contribution is 2.51. The van der Waals surface area contributed by atoms with Crippen LogP contribution in [0.3, 0.4) is 0 Å². The number of nitrogens with one attached hydrogen (secondary N) is 1. The second-order valence-electron chi connectivity index (χ2n) is 7.51. The Bertz CT molecular complexity index is 936. The van der Waals surface area contributed by atoms with Crippen molar-refractivity contribution < 1.29 is 4.79 Å². The fraction of sp³-hybridized carbons (Fsp3) is 0.304. The average molecular weight is 377 g/mol. The zero-order chi connectivity index (χ0) is 18.9. The lowest BCUT2D eigenvalue weighted by Crippen LogP contribution is -2.37. The van der Waals surface area contributed by atoms with Crippen LogP contribution in [0, 0.1) is 5.41 Å². The van der Waals surface area contributed by atoms with Gasteiger partial charge in [-0.25, -0.2) is 4.98 Å². The number of hydrogen-bond donors (Lipinski definition) is 1. The lowest BCUT2D eigenvalue weighted by molar-refractivity contribution is -0.125. The minimum atomic E-state index is -0.541. The summed E-state index contributed by atoms with van der Waals surface area (Å²) in [7, 11) is 0. The summed E-state index contributed by atoms with van der Waals surface area (Å²) in [6, 6.07) is 17.2. The number of rotatable bonds is 5. The number of carbonyl (C=O) groups is 1. The molecule has 138 valence electrons. The molecule has 0 spiro atoms. The topological polar surface area (TPSA) is 42.0 Å². The van der Waals surface area contributed by atoms with Crippen molar-refractivity contribution in [3.8, 4) is 0 Å². The Morgan fingerprint density at radius 3 is 2.78 bits per heavy atom. The fourth-order valence-corrected chi connectivity index (χ4v) is 4.81. The van der Waals surface area contributed by atoms with Gasteiger partial charge in [0.1, 0.15) is 0 Å². The number of amides is 1. The highest BCUT2D eigenvalue weighted by Gasteiger charge is 2.48. The SMILES string of the molecule is CCCc1ccc2c(c1)[C@@H](c1ccccc1)[C@@](C)(C(=O)Nc1nccs1)C2. The van der Waals surface area contributed by atoms with Crippen LogP contribution in [0.4, 0.5) is 5.13 Å². The fourth-order valence-electron chi connectivity index (χ4n) is 4.29. The molecule has 3 nitrogen and oxygen atoms in total. The van der Waals surface area contributed by atoms with Gasteiger partial charge in [0, 0.05) is 17.5 Å². The normalized spacial score (nSPS) is 21.0. The maximum atomic E-state index is 13.4. The third kappa shape index (κ3) is 3.30. The number of aryl methyl sites for hydroxylation is 1. The smallest absolute Gasteiger partial charge is 0.233 e. The van der Waals surface area contributed by atoms with Crippen LogP contribution in [0.5, 0.6) is 0 Å². The third-order valence-corrected chi connectivity index (χ3v) is 6.25. The van der Waals surface area contributed by atoms with Crippen LogP contribution in [-0.4, -0.2) is 10.9 Å². The van der Waals surface area contributed by atoms with Crippen molar-refractivity contribution in [2.45, 2.75) is 39.0 Å². The molecule has 1 aliphatic carbocycles. The standard InChI is InChI=1S/C23H24N2OS/c1-3-7-16-10-11-18-15-23(2,21(26)25-22-24-12-13-27-22)20(19(18)14-16)17-8-5-4-6-9-17/h4-6,8-14,20H,3,7,15H2,1-2H3,(H,24,25,26)/t20-,23+/m1/s1. The van der Waals surface area contributed by atoms with Gasteiger partial charge in [0.2, 0.25) is 5.91 Å². The van der Waals surface area contributed by atoms with E-state index in [1.54, 1.807) is 6.20 Å². The van der Waals surface area contributed by atoms with Gasteiger partial charge in [-0.1, -0.05) is 61.9 Å².